The third-order valence-corrected chi connectivity index (χ3v) is 5.55. The van der Waals surface area contributed by atoms with Crippen molar-refractivity contribution in [3.8, 4) is 0 Å². The van der Waals surface area contributed by atoms with E-state index in [0.29, 0.717) is 0 Å². The van der Waals surface area contributed by atoms with E-state index in [1.165, 1.54) is 22.3 Å². The highest BCUT2D eigenvalue weighted by Gasteiger charge is 2.19. The Bertz CT molecular complexity index is 1010. The zero-order valence-electron chi connectivity index (χ0n) is 15.8. The first kappa shape index (κ1) is 17.0. The van der Waals surface area contributed by atoms with Crippen molar-refractivity contribution in [2.75, 3.05) is 31.1 Å². The summed E-state index contributed by atoms with van der Waals surface area (Å²) in [6, 6.07) is 28.1. The molecule has 5 rings (SSSR count). The Morgan fingerprint density at radius 3 is 2.07 bits per heavy atom. The number of benzene rings is 3. The first-order chi connectivity index (χ1) is 13.9. The minimum Gasteiger partial charge on any atom is -0.369 e. The first-order valence-electron chi connectivity index (χ1n) is 9.92. The molecular formula is C24H24N4. The fourth-order valence-electron chi connectivity index (χ4n) is 4.12. The number of imidazole rings is 1. The maximum absolute atomic E-state index is 4.71. The topological polar surface area (TPSA) is 33.1 Å². The summed E-state index contributed by atoms with van der Waals surface area (Å²) < 4.78 is 2.31. The summed E-state index contributed by atoms with van der Waals surface area (Å²) in [6.07, 6.45) is 1.98. The highest BCUT2D eigenvalue weighted by Crippen LogP contribution is 2.31. The fourth-order valence-corrected chi connectivity index (χ4v) is 4.12. The first-order valence-corrected chi connectivity index (χ1v) is 9.92. The number of anilines is 1. The van der Waals surface area contributed by atoms with Gasteiger partial charge in [-0.05, 0) is 29.3 Å². The van der Waals surface area contributed by atoms with Crippen molar-refractivity contribution in [3.05, 3.63) is 96.3 Å². The summed E-state index contributed by atoms with van der Waals surface area (Å²) >= 11 is 0. The van der Waals surface area contributed by atoms with Gasteiger partial charge < -0.3 is 14.8 Å². The van der Waals surface area contributed by atoms with Crippen LogP contribution in [0, 0.1) is 0 Å². The Balaban J connectivity index is 1.64. The molecule has 3 aromatic carbocycles. The van der Waals surface area contributed by atoms with E-state index in [1.807, 2.05) is 6.33 Å². The Labute approximate surface area is 165 Å². The number of fused-ring (bicyclic) bond motifs is 1. The van der Waals surface area contributed by atoms with Crippen LogP contribution in [0.3, 0.4) is 0 Å². The molecule has 0 aliphatic carbocycles. The number of piperazine rings is 1. The van der Waals surface area contributed by atoms with Crippen molar-refractivity contribution in [1.29, 1.82) is 0 Å². The second kappa shape index (κ2) is 7.49. The van der Waals surface area contributed by atoms with Gasteiger partial charge in [-0.1, -0.05) is 60.7 Å². The molecule has 4 heteroatoms. The number of nitrogens with one attached hydrogen (secondary N) is 1. The molecule has 1 N–H and O–H groups in total. The van der Waals surface area contributed by atoms with Crippen LogP contribution in [-0.4, -0.2) is 35.7 Å². The van der Waals surface area contributed by atoms with E-state index >= 15 is 0 Å². The van der Waals surface area contributed by atoms with Crippen LogP contribution in [0.25, 0.3) is 11.0 Å². The SMILES string of the molecule is c1ccc(C(c2ccccc2)n2cnc3ccc(N4CCNCC4)cc32)cc1. The van der Waals surface area contributed by atoms with E-state index in [1.54, 1.807) is 0 Å². The second-order valence-corrected chi connectivity index (χ2v) is 7.29. The average Bonchev–Trinajstić information content (AvgIpc) is 3.19. The fraction of sp³-hybridized carbons (Fsp3) is 0.208. The van der Waals surface area contributed by atoms with Crippen molar-refractivity contribution in [2.45, 2.75) is 6.04 Å². The van der Waals surface area contributed by atoms with Crippen LogP contribution in [-0.2, 0) is 0 Å². The van der Waals surface area contributed by atoms with Crippen LogP contribution in [0.5, 0.6) is 0 Å². The predicted octanol–water partition coefficient (Wildman–Crippen LogP) is 4.08. The van der Waals surface area contributed by atoms with Crippen molar-refractivity contribution in [3.63, 3.8) is 0 Å². The van der Waals surface area contributed by atoms with Gasteiger partial charge in [0.2, 0.25) is 0 Å². The molecule has 0 radical (unpaired) electrons. The summed E-state index contributed by atoms with van der Waals surface area (Å²) in [5, 5.41) is 3.43. The molecule has 4 aromatic rings. The quantitative estimate of drug-likeness (QED) is 0.589. The van der Waals surface area contributed by atoms with Gasteiger partial charge in [0.05, 0.1) is 23.4 Å². The van der Waals surface area contributed by atoms with Gasteiger partial charge in [0.25, 0.3) is 0 Å². The van der Waals surface area contributed by atoms with Gasteiger partial charge >= 0.3 is 0 Å². The minimum absolute atomic E-state index is 0.102. The number of hydrogen-bond donors (Lipinski definition) is 1. The van der Waals surface area contributed by atoms with Crippen LogP contribution in [0.15, 0.2) is 85.2 Å². The Kier molecular flexibility index (Phi) is 4.55. The van der Waals surface area contributed by atoms with E-state index in [0.717, 1.165) is 31.7 Å². The van der Waals surface area contributed by atoms with Gasteiger partial charge in [-0.25, -0.2) is 4.98 Å². The van der Waals surface area contributed by atoms with Crippen LogP contribution in [0.2, 0.25) is 0 Å². The third-order valence-electron chi connectivity index (χ3n) is 5.55. The molecule has 1 saturated heterocycles. The lowest BCUT2D eigenvalue weighted by molar-refractivity contribution is 0.589. The lowest BCUT2D eigenvalue weighted by Crippen LogP contribution is -2.43. The third kappa shape index (κ3) is 3.16. The van der Waals surface area contributed by atoms with E-state index in [4.69, 9.17) is 4.98 Å². The Hall–Kier alpha value is -3.11. The zero-order chi connectivity index (χ0) is 18.8. The molecule has 2 heterocycles. The van der Waals surface area contributed by atoms with E-state index in [2.05, 4.69) is 93.6 Å². The van der Waals surface area contributed by atoms with Gasteiger partial charge in [0.1, 0.15) is 0 Å². The van der Waals surface area contributed by atoms with Gasteiger partial charge in [-0.2, -0.15) is 0 Å². The summed E-state index contributed by atoms with van der Waals surface area (Å²) in [5.74, 6) is 0. The zero-order valence-corrected chi connectivity index (χ0v) is 15.8. The Morgan fingerprint density at radius 2 is 1.43 bits per heavy atom. The van der Waals surface area contributed by atoms with Gasteiger partial charge in [-0.3, -0.25) is 0 Å². The van der Waals surface area contributed by atoms with Crippen molar-refractivity contribution >= 4 is 16.7 Å². The van der Waals surface area contributed by atoms with Crippen molar-refractivity contribution in [1.82, 2.24) is 14.9 Å². The number of rotatable bonds is 4. The predicted molar refractivity (Wildman–Crippen MR) is 115 cm³/mol. The van der Waals surface area contributed by atoms with Crippen LogP contribution in [0.4, 0.5) is 5.69 Å². The molecule has 0 amide bonds. The van der Waals surface area contributed by atoms with Crippen LogP contribution < -0.4 is 10.2 Å². The molecule has 1 aromatic heterocycles. The normalized spacial score (nSPS) is 14.7. The molecule has 1 fully saturated rings. The molecule has 0 atom stereocenters. The summed E-state index contributed by atoms with van der Waals surface area (Å²) in [7, 11) is 0. The molecule has 1 aliphatic rings. The summed E-state index contributed by atoms with van der Waals surface area (Å²) in [5.41, 5.74) is 6.02. The molecule has 0 saturated carbocycles. The highest BCUT2D eigenvalue weighted by molar-refractivity contribution is 5.80. The molecule has 140 valence electrons. The lowest BCUT2D eigenvalue weighted by Gasteiger charge is -2.29. The smallest absolute Gasteiger partial charge is 0.0966 e. The minimum atomic E-state index is 0.102. The maximum Gasteiger partial charge on any atom is 0.0966 e. The molecule has 0 spiro atoms. The average molecular weight is 368 g/mol. The summed E-state index contributed by atoms with van der Waals surface area (Å²) in [6.45, 7) is 4.16. The van der Waals surface area contributed by atoms with E-state index < -0.39 is 0 Å². The number of nitrogens with zero attached hydrogens (tertiary/aromatic N) is 3. The molecule has 1 aliphatic heterocycles. The van der Waals surface area contributed by atoms with E-state index in [9.17, 15) is 0 Å². The van der Waals surface area contributed by atoms with Crippen LogP contribution in [0.1, 0.15) is 17.2 Å². The number of aromatic nitrogens is 2. The summed E-state index contributed by atoms with van der Waals surface area (Å²) in [4.78, 5) is 7.16. The largest absolute Gasteiger partial charge is 0.369 e. The van der Waals surface area contributed by atoms with Gasteiger partial charge in [-0.15, -0.1) is 0 Å². The van der Waals surface area contributed by atoms with Crippen molar-refractivity contribution in [2.24, 2.45) is 0 Å². The van der Waals surface area contributed by atoms with Crippen LogP contribution >= 0.6 is 0 Å². The number of hydrogen-bond acceptors (Lipinski definition) is 3. The standard InChI is InChI=1S/C24H24N4/c1-3-7-19(8-4-1)24(20-9-5-2-6-10-20)28-18-26-22-12-11-21(17-23(22)28)27-15-13-25-14-16-27/h1-12,17-18,24-25H,13-16H2. The molecule has 4 nitrogen and oxygen atoms in total. The van der Waals surface area contributed by atoms with Crippen molar-refractivity contribution < 1.29 is 0 Å². The molecule has 0 unspecified atom stereocenters. The lowest BCUT2D eigenvalue weighted by atomic mass is 9.98. The molecule has 0 bridgehead atoms. The molecule has 28 heavy (non-hydrogen) atoms. The monoisotopic (exact) mass is 368 g/mol. The van der Waals surface area contributed by atoms with E-state index in [-0.39, 0.29) is 6.04 Å². The highest BCUT2D eigenvalue weighted by atomic mass is 15.2. The Morgan fingerprint density at radius 1 is 0.786 bits per heavy atom. The van der Waals surface area contributed by atoms with Gasteiger partial charge in [0, 0.05) is 31.9 Å². The maximum atomic E-state index is 4.71. The van der Waals surface area contributed by atoms with Gasteiger partial charge in [0.15, 0.2) is 0 Å². The molecular weight excluding hydrogens is 344 g/mol. The second-order valence-electron chi connectivity index (χ2n) is 7.29.